The molecule has 0 aliphatic carbocycles. The summed E-state index contributed by atoms with van der Waals surface area (Å²) in [6, 6.07) is 14.4. The van der Waals surface area contributed by atoms with E-state index < -0.39 is 22.0 Å². The summed E-state index contributed by atoms with van der Waals surface area (Å²) in [5.41, 5.74) is 1.27. The van der Waals surface area contributed by atoms with Gasteiger partial charge in [0.1, 0.15) is 0 Å². The molecule has 0 aromatic heterocycles. The summed E-state index contributed by atoms with van der Waals surface area (Å²) in [7, 11) is -3.90. The van der Waals surface area contributed by atoms with E-state index >= 15 is 0 Å². The van der Waals surface area contributed by atoms with Crippen LogP contribution in [0.2, 0.25) is 0 Å². The van der Waals surface area contributed by atoms with Crippen LogP contribution >= 0.6 is 0 Å². The van der Waals surface area contributed by atoms with Crippen molar-refractivity contribution in [1.29, 1.82) is 0 Å². The summed E-state index contributed by atoms with van der Waals surface area (Å²) in [6.45, 7) is 1.85. The molecule has 1 heterocycles. The number of carbonyl (C=O) groups excluding carboxylic acids is 2. The molecule has 0 saturated heterocycles. The molecular weight excluding hydrogens is 354 g/mol. The quantitative estimate of drug-likeness (QED) is 0.567. The number of benzene rings is 3. The lowest BCUT2D eigenvalue weighted by molar-refractivity contribution is 0.0392. The van der Waals surface area contributed by atoms with Crippen LogP contribution in [0.5, 0.6) is 0 Å². The summed E-state index contributed by atoms with van der Waals surface area (Å²) in [5, 5.41) is 1.04. The largest absolute Gasteiger partial charge is 0.386 e. The van der Waals surface area contributed by atoms with E-state index in [1.807, 2.05) is 6.92 Å². The average molecular weight is 367 g/mol. The van der Waals surface area contributed by atoms with E-state index in [2.05, 4.69) is 4.72 Å². The van der Waals surface area contributed by atoms with Crippen LogP contribution in [-0.2, 0) is 14.8 Å². The van der Waals surface area contributed by atoms with Crippen molar-refractivity contribution in [3.05, 3.63) is 71.3 Å². The maximum absolute atomic E-state index is 12.7. The lowest BCUT2D eigenvalue weighted by Crippen LogP contribution is -2.23. The van der Waals surface area contributed by atoms with Crippen molar-refractivity contribution in [3.63, 3.8) is 0 Å². The highest BCUT2D eigenvalue weighted by Crippen LogP contribution is 2.34. The third kappa shape index (κ3) is 2.53. The van der Waals surface area contributed by atoms with Crippen LogP contribution in [0.3, 0.4) is 0 Å². The first-order valence-electron chi connectivity index (χ1n) is 7.78. The van der Waals surface area contributed by atoms with Gasteiger partial charge in [-0.25, -0.2) is 18.0 Å². The molecule has 0 unspecified atom stereocenters. The van der Waals surface area contributed by atoms with Crippen molar-refractivity contribution in [2.45, 2.75) is 11.8 Å². The second-order valence-electron chi connectivity index (χ2n) is 5.99. The van der Waals surface area contributed by atoms with Crippen molar-refractivity contribution in [3.8, 4) is 0 Å². The molecule has 0 amide bonds. The lowest BCUT2D eigenvalue weighted by Gasteiger charge is -2.19. The minimum absolute atomic E-state index is 0.0355. The summed E-state index contributed by atoms with van der Waals surface area (Å²) in [4.78, 5) is 24.3. The molecule has 0 saturated carbocycles. The van der Waals surface area contributed by atoms with Crippen LogP contribution in [0.15, 0.2) is 59.5 Å². The number of cyclic esters (lactones) is 2. The number of aryl methyl sites for hydroxylation is 1. The van der Waals surface area contributed by atoms with Gasteiger partial charge >= 0.3 is 11.9 Å². The summed E-state index contributed by atoms with van der Waals surface area (Å²) >= 11 is 0. The van der Waals surface area contributed by atoms with Crippen molar-refractivity contribution in [1.82, 2.24) is 0 Å². The smallest absolute Gasteiger partial charge is 0.348 e. The van der Waals surface area contributed by atoms with Crippen molar-refractivity contribution < 1.29 is 22.7 Å². The molecule has 1 aliphatic heterocycles. The van der Waals surface area contributed by atoms with Crippen molar-refractivity contribution in [2.24, 2.45) is 0 Å². The first-order chi connectivity index (χ1) is 12.4. The Bertz CT molecular complexity index is 1180. The molecule has 130 valence electrons. The average Bonchev–Trinajstić information content (AvgIpc) is 2.60. The fourth-order valence-electron chi connectivity index (χ4n) is 2.96. The Balaban J connectivity index is 1.89. The van der Waals surface area contributed by atoms with E-state index in [0.29, 0.717) is 10.8 Å². The minimum Gasteiger partial charge on any atom is -0.386 e. The topological polar surface area (TPSA) is 89.5 Å². The molecule has 0 fully saturated rings. The number of esters is 2. The minimum atomic E-state index is -3.90. The zero-order valence-electron chi connectivity index (χ0n) is 13.6. The second-order valence-corrected chi connectivity index (χ2v) is 7.67. The molecule has 26 heavy (non-hydrogen) atoms. The molecule has 3 aromatic carbocycles. The predicted molar refractivity (Wildman–Crippen MR) is 95.7 cm³/mol. The molecule has 1 aliphatic rings. The highest BCUT2D eigenvalue weighted by atomic mass is 32.2. The Morgan fingerprint density at radius 1 is 0.885 bits per heavy atom. The SMILES string of the molecule is Cc1ccc(S(=O)(=O)Nc2ccc3cccc4c3c2C(=O)OC4=O)cc1. The fourth-order valence-corrected chi connectivity index (χ4v) is 4.03. The predicted octanol–water partition coefficient (Wildman–Crippen LogP) is 3.26. The van der Waals surface area contributed by atoms with E-state index in [9.17, 15) is 18.0 Å². The fraction of sp³-hybridized carbons (Fsp3) is 0.0526. The van der Waals surface area contributed by atoms with E-state index in [1.165, 1.54) is 18.2 Å². The van der Waals surface area contributed by atoms with Crippen LogP contribution in [0.25, 0.3) is 10.8 Å². The summed E-state index contributed by atoms with van der Waals surface area (Å²) < 4.78 is 32.5. The van der Waals surface area contributed by atoms with Gasteiger partial charge in [0.05, 0.1) is 21.7 Å². The number of nitrogens with one attached hydrogen (secondary N) is 1. The monoisotopic (exact) mass is 367 g/mol. The van der Waals surface area contributed by atoms with Gasteiger partial charge in [0.25, 0.3) is 10.0 Å². The third-order valence-electron chi connectivity index (χ3n) is 4.23. The number of hydrogen-bond donors (Lipinski definition) is 1. The Morgan fingerprint density at radius 3 is 2.35 bits per heavy atom. The zero-order chi connectivity index (χ0) is 18.5. The Hall–Kier alpha value is -3.19. The van der Waals surface area contributed by atoms with Crippen LogP contribution in [0, 0.1) is 6.92 Å². The molecule has 0 bridgehead atoms. The maximum atomic E-state index is 12.7. The van der Waals surface area contributed by atoms with Crippen LogP contribution < -0.4 is 4.72 Å². The molecule has 6 nitrogen and oxygen atoms in total. The Labute approximate surface area is 149 Å². The van der Waals surface area contributed by atoms with Gasteiger partial charge in [-0.3, -0.25) is 4.72 Å². The summed E-state index contributed by atoms with van der Waals surface area (Å²) in [6.07, 6.45) is 0. The van der Waals surface area contributed by atoms with Gasteiger partial charge in [-0.05, 0) is 36.6 Å². The number of sulfonamides is 1. The van der Waals surface area contributed by atoms with E-state index in [0.717, 1.165) is 5.56 Å². The molecular formula is C19H13NO5S. The highest BCUT2D eigenvalue weighted by Gasteiger charge is 2.31. The van der Waals surface area contributed by atoms with Gasteiger partial charge in [0, 0.05) is 5.39 Å². The van der Waals surface area contributed by atoms with Crippen molar-refractivity contribution in [2.75, 3.05) is 4.72 Å². The van der Waals surface area contributed by atoms with Crippen LogP contribution in [0.1, 0.15) is 26.3 Å². The van der Waals surface area contributed by atoms with Crippen LogP contribution in [0.4, 0.5) is 5.69 Å². The molecule has 1 N–H and O–H groups in total. The third-order valence-corrected chi connectivity index (χ3v) is 5.61. The molecule has 0 radical (unpaired) electrons. The van der Waals surface area contributed by atoms with E-state index in [4.69, 9.17) is 4.74 Å². The lowest BCUT2D eigenvalue weighted by atomic mass is 9.96. The molecule has 0 atom stereocenters. The van der Waals surface area contributed by atoms with Gasteiger partial charge < -0.3 is 4.74 Å². The zero-order valence-corrected chi connectivity index (χ0v) is 14.5. The molecule has 0 spiro atoms. The normalized spacial score (nSPS) is 13.6. The standard InChI is InChI=1S/C19H13NO5S/c1-11-5-8-13(9-6-11)26(23,24)20-15-10-7-12-3-2-4-14-16(12)17(15)19(22)25-18(14)21/h2-10,20H,1H3. The highest BCUT2D eigenvalue weighted by molar-refractivity contribution is 7.92. The first-order valence-corrected chi connectivity index (χ1v) is 9.27. The Kier molecular flexibility index (Phi) is 3.55. The van der Waals surface area contributed by atoms with Gasteiger partial charge in [-0.15, -0.1) is 0 Å². The number of rotatable bonds is 3. The number of hydrogen-bond acceptors (Lipinski definition) is 5. The number of ether oxygens (including phenoxy) is 1. The number of anilines is 1. The van der Waals surface area contributed by atoms with Crippen LogP contribution in [-0.4, -0.2) is 20.4 Å². The van der Waals surface area contributed by atoms with Gasteiger partial charge in [-0.1, -0.05) is 35.9 Å². The summed E-state index contributed by atoms with van der Waals surface area (Å²) in [5.74, 6) is -1.62. The second kappa shape index (κ2) is 5.67. The van der Waals surface area contributed by atoms with E-state index in [1.54, 1.807) is 36.4 Å². The van der Waals surface area contributed by atoms with Gasteiger partial charge in [0.15, 0.2) is 0 Å². The maximum Gasteiger partial charge on any atom is 0.348 e. The molecule has 7 heteroatoms. The van der Waals surface area contributed by atoms with Gasteiger partial charge in [-0.2, -0.15) is 0 Å². The molecule has 3 aromatic rings. The Morgan fingerprint density at radius 2 is 1.62 bits per heavy atom. The first kappa shape index (κ1) is 16.3. The van der Waals surface area contributed by atoms with E-state index in [-0.39, 0.29) is 21.7 Å². The van der Waals surface area contributed by atoms with Crippen molar-refractivity contribution >= 4 is 38.4 Å². The van der Waals surface area contributed by atoms with Gasteiger partial charge in [0.2, 0.25) is 0 Å². The number of carbonyl (C=O) groups is 2. The molecule has 4 rings (SSSR count).